The van der Waals surface area contributed by atoms with Crippen LogP contribution in [0.25, 0.3) is 0 Å². The van der Waals surface area contributed by atoms with Crippen LogP contribution in [0.15, 0.2) is 28.7 Å². The van der Waals surface area contributed by atoms with E-state index in [1.165, 1.54) is 0 Å². The van der Waals surface area contributed by atoms with Crippen molar-refractivity contribution in [3.63, 3.8) is 0 Å². The molecule has 22 heavy (non-hydrogen) atoms. The molecule has 0 saturated heterocycles. The standard InChI is InChI=1S/C18H22Br2O2/c1-5-17(2,3)22-11-7-10-18(4,16(21)13-19)14-8-6-9-15(20)12-14/h1,6,8-9,12H,7,10-11,13H2,2-4H3. The Labute approximate surface area is 150 Å². The first-order chi connectivity index (χ1) is 10.2. The number of ketones is 1. The van der Waals surface area contributed by atoms with E-state index in [0.29, 0.717) is 18.4 Å². The minimum Gasteiger partial charge on any atom is -0.363 e. The van der Waals surface area contributed by atoms with Crippen molar-refractivity contribution in [3.8, 4) is 12.3 Å². The van der Waals surface area contributed by atoms with Crippen LogP contribution in [0, 0.1) is 12.3 Å². The highest BCUT2D eigenvalue weighted by atomic mass is 79.9. The van der Waals surface area contributed by atoms with Crippen molar-refractivity contribution in [3.05, 3.63) is 34.3 Å². The number of hydrogen-bond acceptors (Lipinski definition) is 2. The lowest BCUT2D eigenvalue weighted by Crippen LogP contribution is -2.34. The van der Waals surface area contributed by atoms with Crippen molar-refractivity contribution in [2.75, 3.05) is 11.9 Å². The van der Waals surface area contributed by atoms with Crippen LogP contribution < -0.4 is 0 Å². The lowest BCUT2D eigenvalue weighted by molar-refractivity contribution is -0.121. The largest absolute Gasteiger partial charge is 0.363 e. The fourth-order valence-corrected chi connectivity index (χ4v) is 3.24. The minimum atomic E-state index is -0.564. The summed E-state index contributed by atoms with van der Waals surface area (Å²) in [5, 5.41) is 0.340. The first kappa shape index (κ1) is 19.4. The number of Topliss-reactive ketones (excluding diaryl/α,β-unsaturated/α-hetero) is 1. The molecule has 1 rings (SSSR count). The molecule has 0 bridgehead atoms. The van der Waals surface area contributed by atoms with Crippen LogP contribution in [0.4, 0.5) is 0 Å². The smallest absolute Gasteiger partial charge is 0.153 e. The molecule has 0 aromatic heterocycles. The van der Waals surface area contributed by atoms with E-state index < -0.39 is 11.0 Å². The maximum absolute atomic E-state index is 12.5. The number of benzene rings is 1. The van der Waals surface area contributed by atoms with E-state index in [2.05, 4.69) is 37.8 Å². The van der Waals surface area contributed by atoms with E-state index in [4.69, 9.17) is 11.2 Å². The summed E-state index contributed by atoms with van der Waals surface area (Å²) in [7, 11) is 0. The molecule has 1 unspecified atom stereocenters. The van der Waals surface area contributed by atoms with Crippen LogP contribution in [-0.2, 0) is 14.9 Å². The maximum atomic E-state index is 12.5. The van der Waals surface area contributed by atoms with Crippen LogP contribution in [0.5, 0.6) is 0 Å². The van der Waals surface area contributed by atoms with Gasteiger partial charge < -0.3 is 4.74 Å². The molecular formula is C18H22Br2O2. The number of carbonyl (C=O) groups excluding carboxylic acids is 1. The zero-order chi connectivity index (χ0) is 16.8. The summed E-state index contributed by atoms with van der Waals surface area (Å²) in [6, 6.07) is 7.92. The summed E-state index contributed by atoms with van der Waals surface area (Å²) in [4.78, 5) is 12.5. The van der Waals surface area contributed by atoms with Gasteiger partial charge in [-0.1, -0.05) is 49.9 Å². The third kappa shape index (κ3) is 5.22. The predicted octanol–water partition coefficient (Wildman–Crippen LogP) is 4.88. The zero-order valence-corrected chi connectivity index (χ0v) is 16.5. The number of rotatable bonds is 8. The molecule has 0 amide bonds. The topological polar surface area (TPSA) is 26.3 Å². The summed E-state index contributed by atoms with van der Waals surface area (Å²) in [6.45, 7) is 6.26. The summed E-state index contributed by atoms with van der Waals surface area (Å²) < 4.78 is 6.65. The lowest BCUT2D eigenvalue weighted by Gasteiger charge is -2.29. The van der Waals surface area contributed by atoms with Gasteiger partial charge in [-0.15, -0.1) is 6.42 Å². The van der Waals surface area contributed by atoms with Crippen molar-refractivity contribution < 1.29 is 9.53 Å². The van der Waals surface area contributed by atoms with Gasteiger partial charge in [-0.2, -0.15) is 0 Å². The zero-order valence-electron chi connectivity index (χ0n) is 13.3. The Morgan fingerprint density at radius 2 is 2.05 bits per heavy atom. The van der Waals surface area contributed by atoms with E-state index in [-0.39, 0.29) is 5.78 Å². The Bertz CT molecular complexity index is 560. The van der Waals surface area contributed by atoms with Crippen molar-refractivity contribution in [1.82, 2.24) is 0 Å². The second-order valence-electron chi connectivity index (χ2n) is 6.01. The van der Waals surface area contributed by atoms with Gasteiger partial charge in [0.1, 0.15) is 5.60 Å². The van der Waals surface area contributed by atoms with Crippen LogP contribution in [0.2, 0.25) is 0 Å². The molecule has 1 aromatic rings. The number of halogens is 2. The van der Waals surface area contributed by atoms with Crippen LogP contribution in [-0.4, -0.2) is 23.3 Å². The maximum Gasteiger partial charge on any atom is 0.153 e. The molecule has 2 nitrogen and oxygen atoms in total. The van der Waals surface area contributed by atoms with Crippen molar-refractivity contribution in [1.29, 1.82) is 0 Å². The molecule has 4 heteroatoms. The molecule has 0 aliphatic heterocycles. The van der Waals surface area contributed by atoms with Gasteiger partial charge in [-0.05, 0) is 51.3 Å². The molecule has 1 atom stereocenters. The Balaban J connectivity index is 2.82. The summed E-state index contributed by atoms with van der Waals surface area (Å²) in [5.74, 6) is 2.78. The number of ether oxygens (including phenoxy) is 1. The highest BCUT2D eigenvalue weighted by Gasteiger charge is 2.33. The number of hydrogen-bond donors (Lipinski definition) is 0. The third-order valence-electron chi connectivity index (χ3n) is 3.83. The molecule has 0 saturated carbocycles. The SMILES string of the molecule is C#CC(C)(C)OCCCC(C)(C(=O)CBr)c1cccc(Br)c1. The summed E-state index contributed by atoms with van der Waals surface area (Å²) >= 11 is 6.77. The number of alkyl halides is 1. The van der Waals surface area contributed by atoms with Crippen LogP contribution in [0.1, 0.15) is 39.2 Å². The normalized spacial score (nSPS) is 14.2. The second-order valence-corrected chi connectivity index (χ2v) is 7.48. The Morgan fingerprint density at radius 3 is 2.59 bits per heavy atom. The monoisotopic (exact) mass is 428 g/mol. The molecular weight excluding hydrogens is 408 g/mol. The quantitative estimate of drug-likeness (QED) is 0.334. The third-order valence-corrected chi connectivity index (χ3v) is 4.83. The molecule has 1 aromatic carbocycles. The molecule has 0 aliphatic carbocycles. The number of terminal acetylenes is 1. The van der Waals surface area contributed by atoms with E-state index in [1.807, 2.05) is 45.0 Å². The van der Waals surface area contributed by atoms with Gasteiger partial charge in [0, 0.05) is 11.1 Å². The molecule has 0 radical (unpaired) electrons. The van der Waals surface area contributed by atoms with Crippen molar-refractivity contribution in [2.45, 2.75) is 44.6 Å². The van der Waals surface area contributed by atoms with Gasteiger partial charge in [0.25, 0.3) is 0 Å². The van der Waals surface area contributed by atoms with Crippen LogP contribution in [0.3, 0.4) is 0 Å². The minimum absolute atomic E-state index is 0.168. The van der Waals surface area contributed by atoms with E-state index in [1.54, 1.807) is 0 Å². The van der Waals surface area contributed by atoms with Gasteiger partial charge in [-0.25, -0.2) is 0 Å². The molecule has 0 N–H and O–H groups in total. The fourth-order valence-electron chi connectivity index (χ4n) is 2.22. The first-order valence-corrected chi connectivity index (χ1v) is 9.13. The van der Waals surface area contributed by atoms with E-state index in [9.17, 15) is 4.79 Å². The predicted molar refractivity (Wildman–Crippen MR) is 98.4 cm³/mol. The molecule has 0 spiro atoms. The number of carbonyl (C=O) groups is 1. The highest BCUT2D eigenvalue weighted by molar-refractivity contribution is 9.10. The molecule has 0 heterocycles. The summed E-state index contributed by atoms with van der Waals surface area (Å²) in [5.41, 5.74) is -0.0785. The van der Waals surface area contributed by atoms with E-state index in [0.717, 1.165) is 16.5 Å². The lowest BCUT2D eigenvalue weighted by atomic mass is 9.75. The average Bonchev–Trinajstić information content (AvgIpc) is 2.50. The van der Waals surface area contributed by atoms with Gasteiger partial charge in [0.2, 0.25) is 0 Å². The van der Waals surface area contributed by atoms with Crippen molar-refractivity contribution >= 4 is 37.6 Å². The van der Waals surface area contributed by atoms with Gasteiger partial charge >= 0.3 is 0 Å². The first-order valence-electron chi connectivity index (χ1n) is 7.22. The van der Waals surface area contributed by atoms with Gasteiger partial charge in [0.05, 0.1) is 10.7 Å². The molecule has 0 aliphatic rings. The van der Waals surface area contributed by atoms with Crippen molar-refractivity contribution in [2.24, 2.45) is 0 Å². The van der Waals surface area contributed by atoms with Crippen LogP contribution >= 0.6 is 31.9 Å². The van der Waals surface area contributed by atoms with Gasteiger partial charge in [0.15, 0.2) is 5.78 Å². The Hall–Kier alpha value is -0.630. The van der Waals surface area contributed by atoms with E-state index >= 15 is 0 Å². The Morgan fingerprint density at radius 1 is 1.36 bits per heavy atom. The average molecular weight is 430 g/mol. The van der Waals surface area contributed by atoms with Gasteiger partial charge in [-0.3, -0.25) is 4.79 Å². The summed E-state index contributed by atoms with van der Waals surface area (Å²) in [6.07, 6.45) is 6.90. The fraction of sp³-hybridized carbons (Fsp3) is 0.500. The Kier molecular flexibility index (Phi) is 7.31. The second kappa shape index (κ2) is 8.29. The molecule has 120 valence electrons. The highest BCUT2D eigenvalue weighted by Crippen LogP contribution is 2.32. The molecule has 0 fully saturated rings.